The summed E-state index contributed by atoms with van der Waals surface area (Å²) in [5.74, 6) is -1.27. The van der Waals surface area contributed by atoms with Crippen molar-refractivity contribution in [3.63, 3.8) is 0 Å². The maximum atomic E-state index is 12.3. The van der Waals surface area contributed by atoms with Gasteiger partial charge in [0.15, 0.2) is 0 Å². The lowest BCUT2D eigenvalue weighted by atomic mass is 9.97. The van der Waals surface area contributed by atoms with E-state index in [1.165, 1.54) is 22.4 Å². The van der Waals surface area contributed by atoms with Gasteiger partial charge in [0.2, 0.25) is 5.91 Å². The van der Waals surface area contributed by atoms with Gasteiger partial charge in [0, 0.05) is 6.42 Å². The Morgan fingerprint density at radius 2 is 1.47 bits per heavy atom. The third kappa shape index (κ3) is 4.23. The fourth-order valence-corrected chi connectivity index (χ4v) is 3.58. The first-order chi connectivity index (χ1) is 14.6. The van der Waals surface area contributed by atoms with Crippen LogP contribution in [-0.4, -0.2) is 17.0 Å². The van der Waals surface area contributed by atoms with E-state index in [9.17, 15) is 14.7 Å². The van der Waals surface area contributed by atoms with Crippen molar-refractivity contribution >= 4 is 28.3 Å². The number of anilines is 1. The molecule has 4 nitrogen and oxygen atoms in total. The highest BCUT2D eigenvalue weighted by molar-refractivity contribution is 6.00. The summed E-state index contributed by atoms with van der Waals surface area (Å²) in [6, 6.07) is 29.2. The van der Waals surface area contributed by atoms with Gasteiger partial charge in [0.25, 0.3) is 0 Å². The molecule has 0 aliphatic rings. The summed E-state index contributed by atoms with van der Waals surface area (Å²) >= 11 is 0. The molecule has 4 rings (SSSR count). The smallest absolute Gasteiger partial charge is 0.337 e. The molecule has 0 atom stereocenters. The number of amides is 1. The number of carboxylic acid groups (broad SMARTS) is 1. The molecule has 30 heavy (non-hydrogen) atoms. The predicted molar refractivity (Wildman–Crippen MR) is 120 cm³/mol. The molecule has 0 unspecified atom stereocenters. The van der Waals surface area contributed by atoms with E-state index in [0.717, 1.165) is 11.1 Å². The van der Waals surface area contributed by atoms with Crippen molar-refractivity contribution in [1.82, 2.24) is 0 Å². The van der Waals surface area contributed by atoms with Crippen LogP contribution in [0.5, 0.6) is 0 Å². The van der Waals surface area contributed by atoms with Crippen LogP contribution >= 0.6 is 0 Å². The lowest BCUT2D eigenvalue weighted by Crippen LogP contribution is -2.15. The summed E-state index contributed by atoms with van der Waals surface area (Å²) in [7, 11) is 0. The van der Waals surface area contributed by atoms with Gasteiger partial charge in [-0.15, -0.1) is 0 Å². The zero-order valence-electron chi connectivity index (χ0n) is 16.3. The van der Waals surface area contributed by atoms with Gasteiger partial charge in [-0.05, 0) is 46.0 Å². The van der Waals surface area contributed by atoms with Crippen LogP contribution in [0.2, 0.25) is 0 Å². The molecule has 0 saturated heterocycles. The van der Waals surface area contributed by atoms with Gasteiger partial charge in [0.1, 0.15) is 0 Å². The maximum Gasteiger partial charge on any atom is 0.337 e. The van der Waals surface area contributed by atoms with Crippen LogP contribution in [-0.2, 0) is 11.2 Å². The molecule has 0 aliphatic carbocycles. The number of aromatic carboxylic acids is 1. The van der Waals surface area contributed by atoms with Crippen LogP contribution in [0.15, 0.2) is 91.0 Å². The molecule has 0 saturated carbocycles. The fraction of sp³-hybridized carbons (Fsp3) is 0.0769. The van der Waals surface area contributed by atoms with Crippen LogP contribution in [0.3, 0.4) is 0 Å². The van der Waals surface area contributed by atoms with E-state index in [1.54, 1.807) is 18.2 Å². The second kappa shape index (κ2) is 8.62. The highest BCUT2D eigenvalue weighted by Gasteiger charge is 2.12. The second-order valence-corrected chi connectivity index (χ2v) is 7.12. The van der Waals surface area contributed by atoms with E-state index in [4.69, 9.17) is 0 Å². The van der Waals surface area contributed by atoms with E-state index in [1.807, 2.05) is 24.3 Å². The Balaban J connectivity index is 1.43. The van der Waals surface area contributed by atoms with E-state index in [-0.39, 0.29) is 17.9 Å². The second-order valence-electron chi connectivity index (χ2n) is 7.12. The molecule has 4 aromatic rings. The molecular formula is C26H21NO3. The van der Waals surface area contributed by atoms with E-state index >= 15 is 0 Å². The Morgan fingerprint density at radius 3 is 2.27 bits per heavy atom. The first-order valence-electron chi connectivity index (χ1n) is 9.81. The first-order valence-corrected chi connectivity index (χ1v) is 9.81. The van der Waals surface area contributed by atoms with Crippen molar-refractivity contribution in [3.05, 3.63) is 102 Å². The minimum absolute atomic E-state index is 0.0882. The molecular weight excluding hydrogens is 374 g/mol. The SMILES string of the molecule is O=C(CCc1ccc(-c2cccc3ccccc23)cc1)Nc1ccccc1C(=O)O. The van der Waals surface area contributed by atoms with Crippen molar-refractivity contribution in [2.24, 2.45) is 0 Å². The largest absolute Gasteiger partial charge is 0.478 e. The normalized spacial score (nSPS) is 10.7. The fourth-order valence-electron chi connectivity index (χ4n) is 3.58. The minimum Gasteiger partial charge on any atom is -0.478 e. The van der Waals surface area contributed by atoms with Gasteiger partial charge in [-0.3, -0.25) is 4.79 Å². The van der Waals surface area contributed by atoms with Crippen molar-refractivity contribution in [3.8, 4) is 11.1 Å². The number of carbonyl (C=O) groups excluding carboxylic acids is 1. The van der Waals surface area contributed by atoms with Crippen molar-refractivity contribution < 1.29 is 14.7 Å². The third-order valence-corrected chi connectivity index (χ3v) is 5.13. The number of rotatable bonds is 6. The molecule has 1 amide bonds. The van der Waals surface area contributed by atoms with Gasteiger partial charge in [-0.1, -0.05) is 78.9 Å². The average molecular weight is 395 g/mol. The Hall–Kier alpha value is -3.92. The molecule has 0 aliphatic heterocycles. The molecule has 0 fully saturated rings. The van der Waals surface area contributed by atoms with E-state index in [2.05, 4.69) is 47.8 Å². The number of hydrogen-bond acceptors (Lipinski definition) is 2. The topological polar surface area (TPSA) is 66.4 Å². The highest BCUT2D eigenvalue weighted by atomic mass is 16.4. The van der Waals surface area contributed by atoms with Crippen molar-refractivity contribution in [2.75, 3.05) is 5.32 Å². The first kappa shape index (κ1) is 19.4. The third-order valence-electron chi connectivity index (χ3n) is 5.13. The number of carbonyl (C=O) groups is 2. The Bertz CT molecular complexity index is 1210. The van der Waals surface area contributed by atoms with Gasteiger partial charge in [-0.25, -0.2) is 4.79 Å². The summed E-state index contributed by atoms with van der Waals surface area (Å²) in [5.41, 5.74) is 3.78. The van der Waals surface area contributed by atoms with Gasteiger partial charge in [-0.2, -0.15) is 0 Å². The number of nitrogens with one attached hydrogen (secondary N) is 1. The van der Waals surface area contributed by atoms with E-state index < -0.39 is 5.97 Å². The molecule has 0 aromatic heterocycles. The molecule has 4 aromatic carbocycles. The van der Waals surface area contributed by atoms with Crippen molar-refractivity contribution in [1.29, 1.82) is 0 Å². The molecule has 0 heterocycles. The Kier molecular flexibility index (Phi) is 5.57. The van der Waals surface area contributed by atoms with Crippen LogP contribution in [0.25, 0.3) is 21.9 Å². The number of fused-ring (bicyclic) bond motifs is 1. The van der Waals surface area contributed by atoms with Crippen LogP contribution in [0, 0.1) is 0 Å². The van der Waals surface area contributed by atoms with Gasteiger partial charge >= 0.3 is 5.97 Å². The summed E-state index contributed by atoms with van der Waals surface area (Å²) in [5, 5.41) is 14.3. The molecule has 0 radical (unpaired) electrons. The number of carboxylic acids is 1. The predicted octanol–water partition coefficient (Wildman–Crippen LogP) is 5.78. The summed E-state index contributed by atoms with van der Waals surface area (Å²) in [4.78, 5) is 23.6. The lowest BCUT2D eigenvalue weighted by Gasteiger charge is -2.09. The zero-order chi connectivity index (χ0) is 20.9. The number of benzene rings is 4. The standard InChI is InChI=1S/C26H21NO3/c28-25(27-24-11-4-3-9-23(24)26(29)30)17-14-18-12-15-20(16-13-18)22-10-5-7-19-6-1-2-8-21(19)22/h1-13,15-16H,14,17H2,(H,27,28)(H,29,30). The molecule has 0 spiro atoms. The number of hydrogen-bond donors (Lipinski definition) is 2. The number of para-hydroxylation sites is 1. The number of aryl methyl sites for hydroxylation is 1. The van der Waals surface area contributed by atoms with Crippen LogP contribution < -0.4 is 5.32 Å². The lowest BCUT2D eigenvalue weighted by molar-refractivity contribution is -0.116. The highest BCUT2D eigenvalue weighted by Crippen LogP contribution is 2.28. The van der Waals surface area contributed by atoms with Gasteiger partial charge < -0.3 is 10.4 Å². The Morgan fingerprint density at radius 1 is 0.767 bits per heavy atom. The van der Waals surface area contributed by atoms with Crippen LogP contribution in [0.4, 0.5) is 5.69 Å². The quantitative estimate of drug-likeness (QED) is 0.435. The van der Waals surface area contributed by atoms with Gasteiger partial charge in [0.05, 0.1) is 11.3 Å². The summed E-state index contributed by atoms with van der Waals surface area (Å²) in [6.07, 6.45) is 0.860. The molecule has 148 valence electrons. The minimum atomic E-state index is -1.06. The van der Waals surface area contributed by atoms with Crippen LogP contribution in [0.1, 0.15) is 22.3 Å². The van der Waals surface area contributed by atoms with Crippen molar-refractivity contribution in [2.45, 2.75) is 12.8 Å². The summed E-state index contributed by atoms with van der Waals surface area (Å²) < 4.78 is 0. The molecule has 2 N–H and O–H groups in total. The maximum absolute atomic E-state index is 12.3. The monoisotopic (exact) mass is 395 g/mol. The van der Waals surface area contributed by atoms with E-state index in [0.29, 0.717) is 12.1 Å². The zero-order valence-corrected chi connectivity index (χ0v) is 16.3. The molecule has 0 bridgehead atoms. The molecule has 4 heteroatoms. The summed E-state index contributed by atoms with van der Waals surface area (Å²) in [6.45, 7) is 0. The average Bonchev–Trinajstić information content (AvgIpc) is 2.78. The Labute approximate surface area is 174 Å².